The molecule has 9 heteroatoms. The third-order valence-electron chi connectivity index (χ3n) is 5.46. The quantitative estimate of drug-likeness (QED) is 0.338. The summed E-state index contributed by atoms with van der Waals surface area (Å²) in [4.78, 5) is 37.6. The highest BCUT2D eigenvalue weighted by Crippen LogP contribution is 2.35. The molecule has 164 valence electrons. The van der Waals surface area contributed by atoms with E-state index in [0.29, 0.717) is 44.0 Å². The lowest BCUT2D eigenvalue weighted by Crippen LogP contribution is -2.27. The van der Waals surface area contributed by atoms with E-state index in [9.17, 15) is 9.59 Å². The van der Waals surface area contributed by atoms with Crippen LogP contribution in [0.3, 0.4) is 0 Å². The summed E-state index contributed by atoms with van der Waals surface area (Å²) >= 11 is 10.2. The first-order valence-corrected chi connectivity index (χ1v) is 11.3. The van der Waals surface area contributed by atoms with Gasteiger partial charge in [0.05, 0.1) is 22.1 Å². The lowest BCUT2D eigenvalue weighted by Gasteiger charge is -2.23. The summed E-state index contributed by atoms with van der Waals surface area (Å²) in [5.74, 6) is 0.375. The molecule has 5 rings (SSSR count). The lowest BCUT2D eigenvalue weighted by atomic mass is 10.1. The Bertz CT molecular complexity index is 1630. The largest absolute Gasteiger partial charge is 0.361 e. The minimum atomic E-state index is -0.423. The number of benzene rings is 2. The third-order valence-corrected chi connectivity index (χ3v) is 6.61. The van der Waals surface area contributed by atoms with Crippen molar-refractivity contribution in [3.8, 4) is 5.69 Å². The maximum atomic E-state index is 13.7. The molecule has 0 spiro atoms. The lowest BCUT2D eigenvalue weighted by molar-refractivity contribution is 0.768. The van der Waals surface area contributed by atoms with Gasteiger partial charge in [0.2, 0.25) is 0 Å². The Balaban J connectivity index is 1.77. The minimum absolute atomic E-state index is 0.205. The van der Waals surface area contributed by atoms with E-state index in [4.69, 9.17) is 11.6 Å². The van der Waals surface area contributed by atoms with Crippen LogP contribution in [-0.2, 0) is 0 Å². The van der Waals surface area contributed by atoms with Crippen molar-refractivity contribution < 1.29 is 0 Å². The maximum Gasteiger partial charge on any atom is 0.264 e. The molecular weight excluding hydrogens is 506 g/mol. The van der Waals surface area contributed by atoms with Crippen LogP contribution in [-0.4, -0.2) is 19.5 Å². The van der Waals surface area contributed by atoms with Gasteiger partial charge in [-0.05, 0) is 41.1 Å². The van der Waals surface area contributed by atoms with Crippen molar-refractivity contribution in [1.29, 1.82) is 0 Å². The number of para-hydroxylation sites is 1. The van der Waals surface area contributed by atoms with Crippen molar-refractivity contribution >= 4 is 55.2 Å². The molecule has 1 atom stereocenters. The second kappa shape index (κ2) is 8.46. The van der Waals surface area contributed by atoms with Crippen molar-refractivity contribution in [3.05, 3.63) is 103 Å². The number of hydrogen-bond donors (Lipinski definition) is 2. The zero-order valence-electron chi connectivity index (χ0n) is 17.3. The van der Waals surface area contributed by atoms with E-state index in [1.165, 1.54) is 12.4 Å². The molecule has 5 aromatic rings. The van der Waals surface area contributed by atoms with Crippen LogP contribution in [0.25, 0.3) is 27.5 Å². The molecule has 3 aromatic heterocycles. The molecule has 0 fully saturated rings. The predicted octanol–water partition coefficient (Wildman–Crippen LogP) is 5.21. The number of aromatic nitrogens is 4. The maximum absolute atomic E-state index is 13.7. The van der Waals surface area contributed by atoms with Gasteiger partial charge in [0.25, 0.3) is 5.56 Å². The van der Waals surface area contributed by atoms with Gasteiger partial charge in [-0.25, -0.2) is 9.97 Å². The van der Waals surface area contributed by atoms with E-state index in [1.807, 2.05) is 43.3 Å². The number of anilines is 1. The van der Waals surface area contributed by atoms with Crippen LogP contribution >= 0.6 is 27.5 Å². The van der Waals surface area contributed by atoms with Crippen molar-refractivity contribution in [2.45, 2.75) is 13.0 Å². The molecule has 33 heavy (non-hydrogen) atoms. The van der Waals surface area contributed by atoms with Crippen LogP contribution in [0.2, 0.25) is 5.02 Å². The van der Waals surface area contributed by atoms with Gasteiger partial charge in [-0.15, -0.1) is 0 Å². The fourth-order valence-electron chi connectivity index (χ4n) is 3.99. The van der Waals surface area contributed by atoms with Crippen LogP contribution in [0.15, 0.2) is 81.2 Å². The van der Waals surface area contributed by atoms with Crippen molar-refractivity contribution in [2.24, 2.45) is 0 Å². The Morgan fingerprint density at radius 2 is 1.82 bits per heavy atom. The molecule has 2 aromatic carbocycles. The Kier molecular flexibility index (Phi) is 5.47. The Hall–Kier alpha value is -3.49. The predicted molar refractivity (Wildman–Crippen MR) is 134 cm³/mol. The number of pyridine rings is 2. The smallest absolute Gasteiger partial charge is 0.264 e. The van der Waals surface area contributed by atoms with Gasteiger partial charge in [0.15, 0.2) is 5.43 Å². The topological polar surface area (TPSA) is 92.7 Å². The van der Waals surface area contributed by atoms with Crippen LogP contribution < -0.4 is 16.3 Å². The van der Waals surface area contributed by atoms with E-state index in [-0.39, 0.29) is 11.0 Å². The summed E-state index contributed by atoms with van der Waals surface area (Å²) in [6, 6.07) is 15.7. The van der Waals surface area contributed by atoms with Crippen LogP contribution in [0.5, 0.6) is 0 Å². The second-order valence-electron chi connectivity index (χ2n) is 7.49. The number of aromatic amines is 1. The number of fused-ring (bicyclic) bond motifs is 2. The number of nitrogens with zero attached hydrogens (tertiary/aromatic N) is 3. The van der Waals surface area contributed by atoms with Gasteiger partial charge in [0, 0.05) is 27.8 Å². The van der Waals surface area contributed by atoms with E-state index in [2.05, 4.69) is 36.2 Å². The minimum Gasteiger partial charge on any atom is -0.361 e. The van der Waals surface area contributed by atoms with E-state index in [0.717, 1.165) is 4.47 Å². The monoisotopic (exact) mass is 521 g/mol. The average molecular weight is 523 g/mol. The van der Waals surface area contributed by atoms with Gasteiger partial charge in [-0.1, -0.05) is 41.9 Å². The van der Waals surface area contributed by atoms with E-state index in [1.54, 1.807) is 22.9 Å². The molecule has 0 aliphatic carbocycles. The molecule has 7 nitrogen and oxygen atoms in total. The normalized spacial score (nSPS) is 12.2. The molecule has 3 heterocycles. The molecule has 0 unspecified atom stereocenters. The van der Waals surface area contributed by atoms with Crippen LogP contribution in [0.4, 0.5) is 5.82 Å². The van der Waals surface area contributed by atoms with Crippen LogP contribution in [0.1, 0.15) is 18.7 Å². The SMILES string of the molecule is C[C@H](Nc1ncnc2[nH]ccc(=O)c12)c1c(Br)c2cccc(Cl)c2c(=O)n1-c1ccccc1. The van der Waals surface area contributed by atoms with Gasteiger partial charge in [0.1, 0.15) is 23.2 Å². The highest BCUT2D eigenvalue weighted by Gasteiger charge is 2.23. The van der Waals surface area contributed by atoms with E-state index < -0.39 is 6.04 Å². The van der Waals surface area contributed by atoms with Crippen LogP contribution in [0, 0.1) is 0 Å². The fraction of sp³-hybridized carbons (Fsp3) is 0.0833. The molecule has 0 bridgehead atoms. The first-order chi connectivity index (χ1) is 16.0. The van der Waals surface area contributed by atoms with Crippen molar-refractivity contribution in [3.63, 3.8) is 0 Å². The van der Waals surface area contributed by atoms with Crippen molar-refractivity contribution in [1.82, 2.24) is 19.5 Å². The Labute approximate surface area is 201 Å². The third kappa shape index (κ3) is 3.61. The summed E-state index contributed by atoms with van der Waals surface area (Å²) < 4.78 is 2.35. The second-order valence-corrected chi connectivity index (χ2v) is 8.69. The molecule has 0 saturated heterocycles. The van der Waals surface area contributed by atoms with Crippen molar-refractivity contribution in [2.75, 3.05) is 5.32 Å². The zero-order chi connectivity index (χ0) is 23.1. The summed E-state index contributed by atoms with van der Waals surface area (Å²) in [5.41, 5.74) is 1.35. The fourth-order valence-corrected chi connectivity index (χ4v) is 5.10. The Morgan fingerprint density at radius 1 is 1.03 bits per heavy atom. The molecule has 0 saturated carbocycles. The summed E-state index contributed by atoms with van der Waals surface area (Å²) in [7, 11) is 0. The van der Waals surface area contributed by atoms with Gasteiger partial charge in [-0.2, -0.15) is 0 Å². The average Bonchev–Trinajstić information content (AvgIpc) is 2.81. The number of H-pyrrole nitrogens is 1. The highest BCUT2D eigenvalue weighted by molar-refractivity contribution is 9.10. The molecule has 0 amide bonds. The number of rotatable bonds is 4. The van der Waals surface area contributed by atoms with Gasteiger partial charge < -0.3 is 10.3 Å². The molecule has 0 aliphatic heterocycles. The first-order valence-electron chi connectivity index (χ1n) is 10.1. The zero-order valence-corrected chi connectivity index (χ0v) is 19.7. The number of hydrogen-bond acceptors (Lipinski definition) is 5. The summed E-state index contributed by atoms with van der Waals surface area (Å²) in [6.45, 7) is 1.90. The molecule has 0 radical (unpaired) electrons. The molecular formula is C24H17BrClN5O2. The highest BCUT2D eigenvalue weighted by atomic mass is 79.9. The summed E-state index contributed by atoms with van der Waals surface area (Å²) in [6.07, 6.45) is 2.93. The standard InChI is InChI=1S/C24H17BrClN5O2/c1-13(30-23-19-17(32)10-11-27-22(19)28-12-29-23)21-20(25)15-8-5-9-16(26)18(15)24(33)31(21)14-6-3-2-4-7-14/h2-13H,1H3,(H2,27,28,29,30,32)/t13-/m0/s1. The number of nitrogens with one attached hydrogen (secondary N) is 2. The van der Waals surface area contributed by atoms with E-state index >= 15 is 0 Å². The van der Waals surface area contributed by atoms with Gasteiger partial charge in [-0.3, -0.25) is 14.2 Å². The molecule has 0 aliphatic rings. The summed E-state index contributed by atoms with van der Waals surface area (Å²) in [5, 5.41) is 5.16. The van der Waals surface area contributed by atoms with Gasteiger partial charge >= 0.3 is 0 Å². The first kappa shape index (κ1) is 21.4. The number of halogens is 2. The Morgan fingerprint density at radius 3 is 2.61 bits per heavy atom. The molecule has 2 N–H and O–H groups in total.